The minimum atomic E-state index is -0.107. The fraction of sp³-hybridized carbons (Fsp3) is 0.538. The summed E-state index contributed by atoms with van der Waals surface area (Å²) in [4.78, 5) is 0. The van der Waals surface area contributed by atoms with Crippen molar-refractivity contribution in [3.63, 3.8) is 0 Å². The molecule has 1 aliphatic rings. The van der Waals surface area contributed by atoms with Crippen LogP contribution in [0.2, 0.25) is 0 Å². The van der Waals surface area contributed by atoms with Gasteiger partial charge in [-0.15, -0.1) is 0 Å². The molecule has 0 radical (unpaired) electrons. The summed E-state index contributed by atoms with van der Waals surface area (Å²) in [5, 5.41) is 3.42. The van der Waals surface area contributed by atoms with E-state index >= 15 is 0 Å². The molecule has 1 unspecified atom stereocenters. The lowest BCUT2D eigenvalue weighted by Crippen LogP contribution is -2.44. The lowest BCUT2D eigenvalue weighted by Gasteiger charge is -2.37. The number of nitrogens with one attached hydrogen (secondary N) is 1. The van der Waals surface area contributed by atoms with Crippen molar-refractivity contribution in [3.8, 4) is 0 Å². The molecule has 1 N–H and O–H groups in total. The molecule has 1 saturated heterocycles. The molecular formula is C13H19NO. The molecule has 2 nitrogen and oxygen atoms in total. The van der Waals surface area contributed by atoms with Crippen molar-refractivity contribution in [2.24, 2.45) is 0 Å². The number of ether oxygens (including phenoxy) is 1. The van der Waals surface area contributed by atoms with Gasteiger partial charge in [0.05, 0.1) is 0 Å². The Hall–Kier alpha value is -0.860. The molecule has 0 aromatic heterocycles. The average molecular weight is 205 g/mol. The van der Waals surface area contributed by atoms with E-state index in [2.05, 4.69) is 36.5 Å². The topological polar surface area (TPSA) is 21.3 Å². The zero-order chi connectivity index (χ0) is 10.7. The lowest BCUT2D eigenvalue weighted by atomic mass is 9.86. The van der Waals surface area contributed by atoms with Gasteiger partial charge in [-0.25, -0.2) is 0 Å². The summed E-state index contributed by atoms with van der Waals surface area (Å²) < 4.78 is 5.76. The quantitative estimate of drug-likeness (QED) is 0.799. The molecule has 2 rings (SSSR count). The summed E-state index contributed by atoms with van der Waals surface area (Å²) in [6.07, 6.45) is 2.29. The summed E-state index contributed by atoms with van der Waals surface area (Å²) >= 11 is 0. The Morgan fingerprint density at radius 1 is 1.40 bits per heavy atom. The predicted molar refractivity (Wildman–Crippen MR) is 62.0 cm³/mol. The van der Waals surface area contributed by atoms with Crippen LogP contribution in [-0.4, -0.2) is 20.2 Å². The van der Waals surface area contributed by atoms with Crippen molar-refractivity contribution >= 4 is 0 Å². The van der Waals surface area contributed by atoms with Crippen molar-refractivity contribution < 1.29 is 4.74 Å². The van der Waals surface area contributed by atoms with Crippen LogP contribution in [0.25, 0.3) is 0 Å². The van der Waals surface area contributed by atoms with Gasteiger partial charge in [-0.1, -0.05) is 29.8 Å². The van der Waals surface area contributed by atoms with Crippen LogP contribution in [-0.2, 0) is 10.3 Å². The van der Waals surface area contributed by atoms with Gasteiger partial charge < -0.3 is 10.1 Å². The van der Waals surface area contributed by atoms with Gasteiger partial charge in [0, 0.05) is 13.7 Å². The molecule has 1 aromatic rings. The van der Waals surface area contributed by atoms with Crippen LogP contribution in [0.15, 0.2) is 24.3 Å². The van der Waals surface area contributed by atoms with Crippen molar-refractivity contribution in [1.29, 1.82) is 0 Å². The largest absolute Gasteiger partial charge is 0.372 e. The van der Waals surface area contributed by atoms with Crippen LogP contribution in [0.1, 0.15) is 24.0 Å². The van der Waals surface area contributed by atoms with E-state index in [4.69, 9.17) is 4.74 Å². The third-order valence-electron chi connectivity index (χ3n) is 3.28. The molecule has 1 fully saturated rings. The van der Waals surface area contributed by atoms with Gasteiger partial charge in [-0.3, -0.25) is 0 Å². The molecular weight excluding hydrogens is 186 g/mol. The summed E-state index contributed by atoms with van der Waals surface area (Å²) in [5.41, 5.74) is 2.50. The SMILES string of the molecule is COC1(c2cccc(C)c2)CCCNC1. The van der Waals surface area contributed by atoms with Gasteiger partial charge in [0.15, 0.2) is 0 Å². The number of rotatable bonds is 2. The van der Waals surface area contributed by atoms with Crippen molar-refractivity contribution in [3.05, 3.63) is 35.4 Å². The molecule has 0 spiro atoms. The van der Waals surface area contributed by atoms with Crippen LogP contribution in [0.3, 0.4) is 0 Å². The minimum Gasteiger partial charge on any atom is -0.372 e. The van der Waals surface area contributed by atoms with Crippen LogP contribution in [0, 0.1) is 6.92 Å². The third-order valence-corrected chi connectivity index (χ3v) is 3.28. The number of hydrogen-bond donors (Lipinski definition) is 1. The van der Waals surface area contributed by atoms with Crippen LogP contribution >= 0.6 is 0 Å². The summed E-state index contributed by atoms with van der Waals surface area (Å²) in [5.74, 6) is 0. The summed E-state index contributed by atoms with van der Waals surface area (Å²) in [6.45, 7) is 4.16. The van der Waals surface area contributed by atoms with E-state index in [-0.39, 0.29) is 5.60 Å². The highest BCUT2D eigenvalue weighted by molar-refractivity contribution is 5.28. The number of aryl methyl sites for hydroxylation is 1. The normalized spacial score (nSPS) is 26.5. The molecule has 0 bridgehead atoms. The molecule has 0 aliphatic carbocycles. The highest BCUT2D eigenvalue weighted by Crippen LogP contribution is 2.32. The minimum absolute atomic E-state index is 0.107. The first kappa shape index (κ1) is 10.7. The van der Waals surface area contributed by atoms with Crippen molar-refractivity contribution in [2.45, 2.75) is 25.4 Å². The number of methoxy groups -OCH3 is 1. The van der Waals surface area contributed by atoms with Gasteiger partial charge in [-0.05, 0) is 31.9 Å². The smallest absolute Gasteiger partial charge is 0.105 e. The van der Waals surface area contributed by atoms with Crippen LogP contribution in [0.5, 0.6) is 0 Å². The van der Waals surface area contributed by atoms with E-state index in [9.17, 15) is 0 Å². The molecule has 1 aliphatic heterocycles. The van der Waals surface area contributed by atoms with E-state index in [1.807, 2.05) is 7.11 Å². The molecule has 2 heteroatoms. The van der Waals surface area contributed by atoms with Crippen LogP contribution in [0.4, 0.5) is 0 Å². The molecule has 1 atom stereocenters. The maximum atomic E-state index is 5.76. The lowest BCUT2D eigenvalue weighted by molar-refractivity contribution is -0.0333. The highest BCUT2D eigenvalue weighted by atomic mass is 16.5. The summed E-state index contributed by atoms with van der Waals surface area (Å²) in [7, 11) is 1.81. The molecule has 1 heterocycles. The predicted octanol–water partition coefficient (Wildman–Crippen LogP) is 2.22. The fourth-order valence-electron chi connectivity index (χ4n) is 2.34. The monoisotopic (exact) mass is 205 g/mol. The van der Waals surface area contributed by atoms with E-state index in [1.54, 1.807) is 0 Å². The number of piperidine rings is 1. The second-order valence-corrected chi connectivity index (χ2v) is 4.35. The Kier molecular flexibility index (Phi) is 3.08. The highest BCUT2D eigenvalue weighted by Gasteiger charge is 2.33. The molecule has 0 saturated carbocycles. The molecule has 15 heavy (non-hydrogen) atoms. The zero-order valence-corrected chi connectivity index (χ0v) is 9.55. The maximum absolute atomic E-state index is 5.76. The van der Waals surface area contributed by atoms with Crippen molar-refractivity contribution in [2.75, 3.05) is 20.2 Å². The zero-order valence-electron chi connectivity index (χ0n) is 9.55. The van der Waals surface area contributed by atoms with Gasteiger partial charge in [0.2, 0.25) is 0 Å². The molecule has 82 valence electrons. The first-order valence-electron chi connectivity index (χ1n) is 5.60. The standard InChI is InChI=1S/C13H19NO/c1-11-5-3-6-12(9-11)13(15-2)7-4-8-14-10-13/h3,5-6,9,14H,4,7-8,10H2,1-2H3. The Bertz CT molecular complexity index is 329. The van der Waals surface area contributed by atoms with Crippen LogP contribution < -0.4 is 5.32 Å². The molecule has 0 amide bonds. The van der Waals surface area contributed by atoms with E-state index in [0.717, 1.165) is 19.5 Å². The average Bonchev–Trinajstić information content (AvgIpc) is 2.30. The second-order valence-electron chi connectivity index (χ2n) is 4.35. The van der Waals surface area contributed by atoms with E-state index in [1.165, 1.54) is 17.5 Å². The van der Waals surface area contributed by atoms with Gasteiger partial charge in [0.25, 0.3) is 0 Å². The first-order chi connectivity index (χ1) is 7.27. The number of benzene rings is 1. The Labute approximate surface area is 91.6 Å². The number of hydrogen-bond acceptors (Lipinski definition) is 2. The Balaban J connectivity index is 2.32. The second kappa shape index (κ2) is 4.33. The first-order valence-corrected chi connectivity index (χ1v) is 5.60. The third kappa shape index (κ3) is 2.06. The summed E-state index contributed by atoms with van der Waals surface area (Å²) in [6, 6.07) is 8.64. The van der Waals surface area contributed by atoms with E-state index in [0.29, 0.717) is 0 Å². The van der Waals surface area contributed by atoms with E-state index < -0.39 is 0 Å². The van der Waals surface area contributed by atoms with Gasteiger partial charge in [-0.2, -0.15) is 0 Å². The van der Waals surface area contributed by atoms with Gasteiger partial charge >= 0.3 is 0 Å². The van der Waals surface area contributed by atoms with Gasteiger partial charge in [0.1, 0.15) is 5.60 Å². The maximum Gasteiger partial charge on any atom is 0.105 e. The fourth-order valence-corrected chi connectivity index (χ4v) is 2.34. The molecule has 1 aromatic carbocycles. The Morgan fingerprint density at radius 2 is 2.27 bits per heavy atom. The Morgan fingerprint density at radius 3 is 2.87 bits per heavy atom. The van der Waals surface area contributed by atoms with Crippen molar-refractivity contribution in [1.82, 2.24) is 5.32 Å².